The molecule has 2 heterocycles. The number of para-hydroxylation sites is 1. The van der Waals surface area contributed by atoms with Crippen LogP contribution in [0.4, 0.5) is 11.4 Å². The fraction of sp³-hybridized carbons (Fsp3) is 0.130. The molecule has 0 atom stereocenters. The average molecular weight is 422 g/mol. The first-order valence-corrected chi connectivity index (χ1v) is 10.4. The summed E-state index contributed by atoms with van der Waals surface area (Å²) < 4.78 is 0. The van der Waals surface area contributed by atoms with E-state index in [0.717, 1.165) is 32.7 Å². The summed E-state index contributed by atoms with van der Waals surface area (Å²) in [5.41, 5.74) is 10.3. The summed E-state index contributed by atoms with van der Waals surface area (Å²) in [6.07, 6.45) is 0. The van der Waals surface area contributed by atoms with Crippen molar-refractivity contribution in [3.63, 3.8) is 0 Å². The first-order chi connectivity index (χ1) is 14.0. The van der Waals surface area contributed by atoms with Gasteiger partial charge in [0, 0.05) is 11.1 Å². The molecule has 0 aliphatic rings. The van der Waals surface area contributed by atoms with E-state index in [9.17, 15) is 4.79 Å². The van der Waals surface area contributed by atoms with Gasteiger partial charge in [0.15, 0.2) is 0 Å². The van der Waals surface area contributed by atoms with Crippen molar-refractivity contribution in [1.82, 2.24) is 4.98 Å². The molecule has 4 nitrogen and oxygen atoms in total. The monoisotopic (exact) mass is 421 g/mol. The van der Waals surface area contributed by atoms with Crippen LogP contribution in [-0.2, 0) is 6.54 Å². The Bertz CT molecular complexity index is 1190. The number of rotatable bonds is 4. The van der Waals surface area contributed by atoms with E-state index in [2.05, 4.69) is 4.98 Å². The molecule has 2 N–H and O–H groups in total. The smallest absolute Gasteiger partial charge is 0.270 e. The molecule has 0 saturated carbocycles. The third-order valence-electron chi connectivity index (χ3n) is 4.91. The van der Waals surface area contributed by atoms with Crippen molar-refractivity contribution in [3.05, 3.63) is 87.4 Å². The SMILES string of the molecule is Cc1nc2sc(C(=O)N(Cc3ccccc3)c3ccccc3)c(N)c2c(C)c1Cl. The van der Waals surface area contributed by atoms with E-state index in [1.165, 1.54) is 11.3 Å². The zero-order chi connectivity index (χ0) is 20.5. The van der Waals surface area contributed by atoms with Crippen molar-refractivity contribution in [1.29, 1.82) is 0 Å². The summed E-state index contributed by atoms with van der Waals surface area (Å²) in [6, 6.07) is 19.5. The van der Waals surface area contributed by atoms with Gasteiger partial charge in [-0.05, 0) is 37.1 Å². The van der Waals surface area contributed by atoms with Gasteiger partial charge >= 0.3 is 0 Å². The van der Waals surface area contributed by atoms with Crippen molar-refractivity contribution < 1.29 is 4.79 Å². The molecule has 2 aromatic carbocycles. The van der Waals surface area contributed by atoms with Crippen molar-refractivity contribution >= 4 is 50.4 Å². The zero-order valence-electron chi connectivity index (χ0n) is 16.1. The number of halogens is 1. The van der Waals surface area contributed by atoms with Crippen LogP contribution in [0, 0.1) is 13.8 Å². The minimum Gasteiger partial charge on any atom is -0.397 e. The Labute approximate surface area is 178 Å². The van der Waals surface area contributed by atoms with E-state index in [1.807, 2.05) is 74.5 Å². The molecule has 0 saturated heterocycles. The first kappa shape index (κ1) is 19.4. The number of carbonyl (C=O) groups is 1. The number of anilines is 2. The van der Waals surface area contributed by atoms with E-state index >= 15 is 0 Å². The van der Waals surface area contributed by atoms with Gasteiger partial charge in [-0.15, -0.1) is 11.3 Å². The maximum Gasteiger partial charge on any atom is 0.270 e. The molecule has 0 bridgehead atoms. The normalized spacial score (nSPS) is 11.0. The molecule has 4 aromatic rings. The Morgan fingerprint density at radius 3 is 2.34 bits per heavy atom. The van der Waals surface area contributed by atoms with Gasteiger partial charge in [0.25, 0.3) is 5.91 Å². The molecule has 0 fully saturated rings. The van der Waals surface area contributed by atoms with Gasteiger partial charge in [0.1, 0.15) is 9.71 Å². The van der Waals surface area contributed by atoms with E-state index in [1.54, 1.807) is 4.90 Å². The lowest BCUT2D eigenvalue weighted by Gasteiger charge is -2.23. The number of aromatic nitrogens is 1. The van der Waals surface area contributed by atoms with Crippen LogP contribution >= 0.6 is 22.9 Å². The summed E-state index contributed by atoms with van der Waals surface area (Å²) >= 11 is 7.69. The number of fused-ring (bicyclic) bond motifs is 1. The molecule has 146 valence electrons. The van der Waals surface area contributed by atoms with Gasteiger partial charge in [-0.1, -0.05) is 60.1 Å². The lowest BCUT2D eigenvalue weighted by Crippen LogP contribution is -2.30. The second-order valence-corrected chi connectivity index (χ2v) is 8.25. The third-order valence-corrected chi connectivity index (χ3v) is 6.55. The van der Waals surface area contributed by atoms with Gasteiger partial charge < -0.3 is 10.6 Å². The van der Waals surface area contributed by atoms with Crippen molar-refractivity contribution in [2.45, 2.75) is 20.4 Å². The van der Waals surface area contributed by atoms with Crippen LogP contribution in [0.25, 0.3) is 10.2 Å². The lowest BCUT2D eigenvalue weighted by atomic mass is 10.1. The van der Waals surface area contributed by atoms with Crippen LogP contribution < -0.4 is 10.6 Å². The Morgan fingerprint density at radius 1 is 1.07 bits per heavy atom. The number of nitrogen functional groups attached to an aromatic ring is 1. The Hall–Kier alpha value is -2.89. The molecule has 1 amide bonds. The Morgan fingerprint density at radius 2 is 1.69 bits per heavy atom. The molecule has 0 spiro atoms. The standard InChI is InChI=1S/C23H20ClN3OS/c1-14-18-20(25)21(29-22(18)26-15(2)19(14)24)23(28)27(17-11-7-4-8-12-17)13-16-9-5-3-6-10-16/h3-12H,13,25H2,1-2H3. The van der Waals surface area contributed by atoms with Crippen LogP contribution in [-0.4, -0.2) is 10.9 Å². The molecule has 2 aromatic heterocycles. The van der Waals surface area contributed by atoms with E-state index in [4.69, 9.17) is 17.3 Å². The van der Waals surface area contributed by atoms with Crippen molar-refractivity contribution in [3.8, 4) is 0 Å². The van der Waals surface area contributed by atoms with Gasteiger partial charge in [-0.3, -0.25) is 4.79 Å². The minimum atomic E-state index is -0.145. The molecular weight excluding hydrogens is 402 g/mol. The van der Waals surface area contributed by atoms with Crippen LogP contribution in [0.2, 0.25) is 5.02 Å². The highest BCUT2D eigenvalue weighted by Gasteiger charge is 2.25. The lowest BCUT2D eigenvalue weighted by molar-refractivity contribution is 0.0990. The summed E-state index contributed by atoms with van der Waals surface area (Å²) in [5, 5.41) is 1.35. The largest absolute Gasteiger partial charge is 0.397 e. The van der Waals surface area contributed by atoms with Crippen LogP contribution in [0.5, 0.6) is 0 Å². The number of nitrogens with zero attached hydrogens (tertiary/aromatic N) is 2. The Kier molecular flexibility index (Phi) is 5.26. The van der Waals surface area contributed by atoms with Crippen molar-refractivity contribution in [2.75, 3.05) is 10.6 Å². The summed E-state index contributed by atoms with van der Waals surface area (Å²) in [4.78, 5) is 21.1. The molecule has 0 aliphatic carbocycles. The summed E-state index contributed by atoms with van der Waals surface area (Å²) in [7, 11) is 0. The maximum atomic E-state index is 13.6. The second-order valence-electron chi connectivity index (χ2n) is 6.87. The van der Waals surface area contributed by atoms with Gasteiger partial charge in [0.05, 0.1) is 22.9 Å². The quantitative estimate of drug-likeness (QED) is 0.439. The topological polar surface area (TPSA) is 59.2 Å². The number of carbonyl (C=O) groups excluding carboxylic acids is 1. The van der Waals surface area contributed by atoms with Crippen molar-refractivity contribution in [2.24, 2.45) is 0 Å². The van der Waals surface area contributed by atoms with Crippen LogP contribution in [0.15, 0.2) is 60.7 Å². The first-order valence-electron chi connectivity index (χ1n) is 9.23. The Balaban J connectivity index is 1.82. The number of pyridine rings is 1. The molecule has 0 aliphatic heterocycles. The molecule has 4 rings (SSSR count). The molecule has 29 heavy (non-hydrogen) atoms. The molecule has 0 unspecified atom stereocenters. The zero-order valence-corrected chi connectivity index (χ0v) is 17.7. The molecule has 6 heteroatoms. The van der Waals surface area contributed by atoms with Gasteiger partial charge in [0.2, 0.25) is 0 Å². The predicted octanol–water partition coefficient (Wildman–Crippen LogP) is 6.00. The number of aryl methyl sites for hydroxylation is 2. The minimum absolute atomic E-state index is 0.145. The van der Waals surface area contributed by atoms with Crippen LogP contribution in [0.1, 0.15) is 26.5 Å². The highest BCUT2D eigenvalue weighted by molar-refractivity contribution is 7.21. The fourth-order valence-corrected chi connectivity index (χ4v) is 4.68. The summed E-state index contributed by atoms with van der Waals surface area (Å²) in [5.74, 6) is -0.145. The molecular formula is C23H20ClN3OS. The summed E-state index contributed by atoms with van der Waals surface area (Å²) in [6.45, 7) is 4.22. The van der Waals surface area contributed by atoms with E-state index < -0.39 is 0 Å². The number of benzene rings is 2. The maximum absolute atomic E-state index is 13.6. The number of hydrogen-bond acceptors (Lipinski definition) is 4. The third kappa shape index (κ3) is 3.59. The fourth-order valence-electron chi connectivity index (χ4n) is 3.39. The van der Waals surface area contributed by atoms with Gasteiger partial charge in [-0.25, -0.2) is 4.98 Å². The van der Waals surface area contributed by atoms with E-state index in [-0.39, 0.29) is 5.91 Å². The number of nitrogens with two attached hydrogens (primary N) is 1. The van der Waals surface area contributed by atoms with Gasteiger partial charge in [-0.2, -0.15) is 0 Å². The number of thiophene rings is 1. The average Bonchev–Trinajstić information content (AvgIpc) is 3.07. The predicted molar refractivity (Wildman–Crippen MR) is 122 cm³/mol. The highest BCUT2D eigenvalue weighted by Crippen LogP contribution is 2.39. The highest BCUT2D eigenvalue weighted by atomic mass is 35.5. The van der Waals surface area contributed by atoms with Crippen LogP contribution in [0.3, 0.4) is 0 Å². The van der Waals surface area contributed by atoms with E-state index in [0.29, 0.717) is 22.1 Å². The second kappa shape index (κ2) is 7.85. The number of amides is 1. The molecule has 0 radical (unpaired) electrons. The number of hydrogen-bond donors (Lipinski definition) is 1.